The van der Waals surface area contributed by atoms with Crippen LogP contribution in [0.2, 0.25) is 0 Å². The van der Waals surface area contributed by atoms with Gasteiger partial charge >= 0.3 is 0 Å². The first-order chi connectivity index (χ1) is 6.66. The van der Waals surface area contributed by atoms with Gasteiger partial charge < -0.3 is 15.6 Å². The Labute approximate surface area is 82.7 Å². The van der Waals surface area contributed by atoms with Gasteiger partial charge in [-0.3, -0.25) is 4.79 Å². The van der Waals surface area contributed by atoms with Gasteiger partial charge in [-0.25, -0.2) is 0 Å². The summed E-state index contributed by atoms with van der Waals surface area (Å²) in [5.74, 6) is 0.452. The van der Waals surface area contributed by atoms with Gasteiger partial charge in [-0.1, -0.05) is 0 Å². The van der Waals surface area contributed by atoms with Crippen LogP contribution in [0, 0.1) is 0 Å². The number of aromatic nitrogens is 1. The van der Waals surface area contributed by atoms with Gasteiger partial charge in [0.15, 0.2) is 0 Å². The van der Waals surface area contributed by atoms with Gasteiger partial charge in [0, 0.05) is 18.2 Å². The molecular weight excluding hydrogens is 178 g/mol. The SMILES string of the molecule is CN1CCC(c2ccc(N)c(=O)[nH]2)C1. The zero-order valence-corrected chi connectivity index (χ0v) is 8.29. The first kappa shape index (κ1) is 9.27. The molecule has 1 saturated heterocycles. The van der Waals surface area contributed by atoms with Crippen LogP contribution in [-0.2, 0) is 0 Å². The lowest BCUT2D eigenvalue weighted by Crippen LogP contribution is -2.17. The maximum Gasteiger partial charge on any atom is 0.271 e. The topological polar surface area (TPSA) is 62.1 Å². The van der Waals surface area contributed by atoms with Crippen molar-refractivity contribution in [1.82, 2.24) is 9.88 Å². The third kappa shape index (κ3) is 1.65. The van der Waals surface area contributed by atoms with Crippen LogP contribution >= 0.6 is 0 Å². The Balaban J connectivity index is 2.25. The Morgan fingerprint density at radius 1 is 1.57 bits per heavy atom. The molecule has 1 unspecified atom stereocenters. The number of nitrogen functional groups attached to an aromatic ring is 1. The van der Waals surface area contributed by atoms with E-state index in [-0.39, 0.29) is 5.56 Å². The van der Waals surface area contributed by atoms with E-state index in [4.69, 9.17) is 5.73 Å². The molecule has 0 radical (unpaired) electrons. The van der Waals surface area contributed by atoms with Crippen LogP contribution in [-0.4, -0.2) is 30.0 Å². The molecule has 2 heterocycles. The molecule has 0 saturated carbocycles. The molecule has 0 aliphatic carbocycles. The van der Waals surface area contributed by atoms with Gasteiger partial charge in [0.25, 0.3) is 5.56 Å². The third-order valence-electron chi connectivity index (χ3n) is 2.79. The predicted molar refractivity (Wildman–Crippen MR) is 56.3 cm³/mol. The number of likely N-dealkylation sites (tertiary alicyclic amines) is 1. The molecule has 4 heteroatoms. The number of hydrogen-bond acceptors (Lipinski definition) is 3. The maximum absolute atomic E-state index is 11.3. The van der Waals surface area contributed by atoms with E-state index in [2.05, 4.69) is 16.9 Å². The van der Waals surface area contributed by atoms with Crippen LogP contribution in [0.3, 0.4) is 0 Å². The second kappa shape index (κ2) is 3.46. The third-order valence-corrected chi connectivity index (χ3v) is 2.79. The number of H-pyrrole nitrogens is 1. The van der Waals surface area contributed by atoms with Gasteiger partial charge in [-0.15, -0.1) is 0 Å². The predicted octanol–water partition coefficient (Wildman–Crippen LogP) is 0.376. The van der Waals surface area contributed by atoms with Crippen LogP contribution < -0.4 is 11.3 Å². The van der Waals surface area contributed by atoms with E-state index < -0.39 is 0 Å². The van der Waals surface area contributed by atoms with Crippen LogP contribution in [0.4, 0.5) is 5.69 Å². The summed E-state index contributed by atoms with van der Waals surface area (Å²) < 4.78 is 0. The van der Waals surface area contributed by atoms with Gasteiger partial charge in [-0.2, -0.15) is 0 Å². The number of nitrogens with zero attached hydrogens (tertiary/aromatic N) is 1. The van der Waals surface area contributed by atoms with Crippen molar-refractivity contribution in [2.24, 2.45) is 0 Å². The fraction of sp³-hybridized carbons (Fsp3) is 0.500. The number of nitrogens with one attached hydrogen (secondary N) is 1. The Morgan fingerprint density at radius 3 is 2.93 bits per heavy atom. The molecule has 0 aromatic carbocycles. The minimum absolute atomic E-state index is 0.169. The summed E-state index contributed by atoms with van der Waals surface area (Å²) in [6.45, 7) is 2.11. The number of likely N-dealkylation sites (N-methyl/N-ethyl adjacent to an activating group) is 1. The average Bonchev–Trinajstić information content (AvgIpc) is 2.57. The molecule has 0 bridgehead atoms. The van der Waals surface area contributed by atoms with Crippen molar-refractivity contribution >= 4 is 5.69 Å². The summed E-state index contributed by atoms with van der Waals surface area (Å²) in [7, 11) is 2.09. The molecule has 1 atom stereocenters. The number of hydrogen-bond donors (Lipinski definition) is 2. The Morgan fingerprint density at radius 2 is 2.36 bits per heavy atom. The molecule has 14 heavy (non-hydrogen) atoms. The average molecular weight is 193 g/mol. The van der Waals surface area contributed by atoms with Crippen molar-refractivity contribution < 1.29 is 0 Å². The highest BCUT2D eigenvalue weighted by Gasteiger charge is 2.21. The highest BCUT2D eigenvalue weighted by atomic mass is 16.1. The summed E-state index contributed by atoms with van der Waals surface area (Å²) in [6, 6.07) is 3.60. The summed E-state index contributed by atoms with van der Waals surface area (Å²) in [5.41, 5.74) is 6.59. The molecule has 1 aliphatic rings. The lowest BCUT2D eigenvalue weighted by atomic mass is 10.0. The monoisotopic (exact) mass is 193 g/mol. The minimum Gasteiger partial charge on any atom is -0.394 e. The van der Waals surface area contributed by atoms with Gasteiger partial charge in [0.05, 0.1) is 5.69 Å². The minimum atomic E-state index is -0.169. The summed E-state index contributed by atoms with van der Waals surface area (Å²) in [6.07, 6.45) is 1.11. The molecule has 3 N–H and O–H groups in total. The van der Waals surface area contributed by atoms with Gasteiger partial charge in [0.2, 0.25) is 0 Å². The van der Waals surface area contributed by atoms with E-state index in [1.807, 2.05) is 6.07 Å². The van der Waals surface area contributed by atoms with Crippen molar-refractivity contribution in [2.45, 2.75) is 12.3 Å². The molecule has 0 spiro atoms. The lowest BCUT2D eigenvalue weighted by Gasteiger charge is -2.10. The zero-order chi connectivity index (χ0) is 10.1. The van der Waals surface area contributed by atoms with E-state index >= 15 is 0 Å². The number of aromatic amines is 1. The first-order valence-corrected chi connectivity index (χ1v) is 4.84. The van der Waals surface area contributed by atoms with E-state index in [9.17, 15) is 4.79 Å². The van der Waals surface area contributed by atoms with Crippen molar-refractivity contribution in [1.29, 1.82) is 0 Å². The standard InChI is InChI=1S/C10H15N3O/c1-13-5-4-7(6-13)9-3-2-8(11)10(14)12-9/h2-3,7H,4-6,11H2,1H3,(H,12,14). The fourth-order valence-corrected chi connectivity index (χ4v) is 1.93. The molecule has 2 rings (SSSR count). The first-order valence-electron chi connectivity index (χ1n) is 4.84. The Bertz CT molecular complexity index is 385. The number of pyridine rings is 1. The zero-order valence-electron chi connectivity index (χ0n) is 8.29. The summed E-state index contributed by atoms with van der Waals surface area (Å²) >= 11 is 0. The molecule has 1 fully saturated rings. The van der Waals surface area contributed by atoms with Crippen molar-refractivity contribution in [3.63, 3.8) is 0 Å². The van der Waals surface area contributed by atoms with Crippen LogP contribution in [0.15, 0.2) is 16.9 Å². The van der Waals surface area contributed by atoms with E-state index in [1.165, 1.54) is 0 Å². The van der Waals surface area contributed by atoms with E-state index in [1.54, 1.807) is 6.07 Å². The summed E-state index contributed by atoms with van der Waals surface area (Å²) in [4.78, 5) is 16.4. The van der Waals surface area contributed by atoms with Crippen LogP contribution in [0.5, 0.6) is 0 Å². The van der Waals surface area contributed by atoms with Crippen LogP contribution in [0.25, 0.3) is 0 Å². The molecule has 0 amide bonds. The lowest BCUT2D eigenvalue weighted by molar-refractivity contribution is 0.410. The van der Waals surface area contributed by atoms with Crippen LogP contribution in [0.1, 0.15) is 18.0 Å². The maximum atomic E-state index is 11.3. The quantitative estimate of drug-likeness (QED) is 0.677. The number of rotatable bonds is 1. The van der Waals surface area contributed by atoms with Crippen molar-refractivity contribution in [2.75, 3.05) is 25.9 Å². The molecule has 1 aliphatic heterocycles. The molecule has 4 nitrogen and oxygen atoms in total. The number of nitrogens with two attached hydrogens (primary N) is 1. The largest absolute Gasteiger partial charge is 0.394 e. The summed E-state index contributed by atoms with van der Waals surface area (Å²) in [5, 5.41) is 0. The van der Waals surface area contributed by atoms with Gasteiger partial charge in [0.1, 0.15) is 0 Å². The van der Waals surface area contributed by atoms with E-state index in [0.29, 0.717) is 11.6 Å². The highest BCUT2D eigenvalue weighted by molar-refractivity contribution is 5.35. The second-order valence-electron chi connectivity index (χ2n) is 3.95. The normalized spacial score (nSPS) is 22.8. The van der Waals surface area contributed by atoms with E-state index in [0.717, 1.165) is 25.2 Å². The molecule has 76 valence electrons. The second-order valence-corrected chi connectivity index (χ2v) is 3.95. The molecular formula is C10H15N3O. The Kier molecular flexibility index (Phi) is 2.29. The van der Waals surface area contributed by atoms with Crippen molar-refractivity contribution in [3.8, 4) is 0 Å². The molecule has 1 aromatic heterocycles. The van der Waals surface area contributed by atoms with Crippen molar-refractivity contribution in [3.05, 3.63) is 28.2 Å². The molecule has 1 aromatic rings. The van der Waals surface area contributed by atoms with Gasteiger partial charge in [-0.05, 0) is 32.1 Å². The Hall–Kier alpha value is -1.29. The fourth-order valence-electron chi connectivity index (χ4n) is 1.93. The number of anilines is 1. The highest BCUT2D eigenvalue weighted by Crippen LogP contribution is 2.23. The smallest absolute Gasteiger partial charge is 0.271 e.